The minimum atomic E-state index is -0.651. The first-order chi connectivity index (χ1) is 24.0. The molecule has 2 amide bonds. The van der Waals surface area contributed by atoms with Crippen LogP contribution in [0.3, 0.4) is 0 Å². The van der Waals surface area contributed by atoms with Crippen LogP contribution in [0.1, 0.15) is 91.4 Å². The maximum absolute atomic E-state index is 14.5. The number of amides is 2. The van der Waals surface area contributed by atoms with Gasteiger partial charge in [-0.3, -0.25) is 23.9 Å². The van der Waals surface area contributed by atoms with E-state index < -0.39 is 6.04 Å². The maximum Gasteiger partial charge on any atom is 0.245 e. The summed E-state index contributed by atoms with van der Waals surface area (Å²) in [5.41, 5.74) is 5.04. The minimum absolute atomic E-state index is 0.0185. The first-order valence-electron chi connectivity index (χ1n) is 17.6. The Bertz CT molecular complexity index is 2010. The second kappa shape index (κ2) is 13.8. The molecule has 0 radical (unpaired) electrons. The summed E-state index contributed by atoms with van der Waals surface area (Å²) in [5.74, 6) is 0.206. The largest absolute Gasteiger partial charge is 0.355 e. The van der Waals surface area contributed by atoms with Crippen LogP contribution >= 0.6 is 15.9 Å². The van der Waals surface area contributed by atoms with Crippen molar-refractivity contribution in [3.8, 4) is 11.1 Å². The van der Waals surface area contributed by atoms with E-state index in [0.29, 0.717) is 46.6 Å². The number of carbonyl (C=O) groups excluding carboxylic acids is 4. The predicted molar refractivity (Wildman–Crippen MR) is 191 cm³/mol. The summed E-state index contributed by atoms with van der Waals surface area (Å²) >= 11 is 3.42. The lowest BCUT2D eigenvalue weighted by molar-refractivity contribution is -0.139. The van der Waals surface area contributed by atoms with Gasteiger partial charge in [-0.25, -0.2) is 15.0 Å². The van der Waals surface area contributed by atoms with E-state index in [1.54, 1.807) is 22.0 Å². The quantitative estimate of drug-likeness (QED) is 0.205. The van der Waals surface area contributed by atoms with Gasteiger partial charge in [-0.1, -0.05) is 25.3 Å². The van der Waals surface area contributed by atoms with Crippen LogP contribution in [0.5, 0.6) is 0 Å². The number of hydrogen-bond donors (Lipinski definition) is 1. The highest BCUT2D eigenvalue weighted by molar-refractivity contribution is 9.10. The number of ketones is 2. The monoisotopic (exact) mass is 739 g/mol. The normalized spacial score (nSPS) is 22.8. The second-order valence-electron chi connectivity index (χ2n) is 14.3. The van der Waals surface area contributed by atoms with Crippen molar-refractivity contribution in [1.29, 1.82) is 0 Å². The van der Waals surface area contributed by atoms with Crippen LogP contribution in [0.4, 0.5) is 0 Å². The van der Waals surface area contributed by atoms with Crippen LogP contribution < -0.4 is 5.32 Å². The number of aryl methyl sites for hydroxylation is 3. The van der Waals surface area contributed by atoms with Crippen LogP contribution in [0.15, 0.2) is 41.3 Å². The van der Waals surface area contributed by atoms with Gasteiger partial charge in [0.15, 0.2) is 11.6 Å². The first-order valence-corrected chi connectivity index (χ1v) is 18.4. The van der Waals surface area contributed by atoms with Crippen LogP contribution in [-0.2, 0) is 33.8 Å². The molecule has 0 spiro atoms. The number of nitrogens with one attached hydrogen (secondary N) is 1. The van der Waals surface area contributed by atoms with Gasteiger partial charge in [0.25, 0.3) is 0 Å². The molecule has 1 aromatic carbocycles. The molecule has 2 aliphatic heterocycles. The van der Waals surface area contributed by atoms with E-state index in [1.165, 1.54) is 6.92 Å². The fourth-order valence-electron chi connectivity index (χ4n) is 7.91. The maximum atomic E-state index is 14.5. The fourth-order valence-corrected chi connectivity index (χ4v) is 8.25. The van der Waals surface area contributed by atoms with Crippen LogP contribution in [0.25, 0.3) is 22.0 Å². The molecule has 2 bridgehead atoms. The first kappa shape index (κ1) is 34.1. The van der Waals surface area contributed by atoms with Crippen molar-refractivity contribution in [2.45, 2.75) is 104 Å². The Morgan fingerprint density at radius 3 is 2.48 bits per heavy atom. The van der Waals surface area contributed by atoms with Gasteiger partial charge < -0.3 is 10.2 Å². The molecular formula is C38H42BrN7O4. The highest BCUT2D eigenvalue weighted by Gasteiger charge is 2.66. The number of piperidine rings is 1. The van der Waals surface area contributed by atoms with E-state index in [9.17, 15) is 19.2 Å². The predicted octanol–water partition coefficient (Wildman–Crippen LogP) is 5.65. The third-order valence-corrected chi connectivity index (χ3v) is 11.2. The van der Waals surface area contributed by atoms with Crippen molar-refractivity contribution in [3.05, 3.63) is 69.6 Å². The molecule has 3 aliphatic rings. The van der Waals surface area contributed by atoms with E-state index in [0.717, 1.165) is 72.7 Å². The highest BCUT2D eigenvalue weighted by atomic mass is 79.9. The van der Waals surface area contributed by atoms with E-state index in [1.807, 2.05) is 32.0 Å². The molecule has 5 heterocycles. The zero-order valence-electron chi connectivity index (χ0n) is 28.8. The average Bonchev–Trinajstić information content (AvgIpc) is 3.50. The van der Waals surface area contributed by atoms with Crippen molar-refractivity contribution in [1.82, 2.24) is 34.9 Å². The lowest BCUT2D eigenvalue weighted by atomic mass is 9.94. The summed E-state index contributed by atoms with van der Waals surface area (Å²) in [7, 11) is 0. The fraction of sp³-hybridized carbons (Fsp3) is 0.474. The molecule has 3 atom stereocenters. The number of nitrogens with zero attached hydrogens (tertiary/aromatic N) is 6. The van der Waals surface area contributed by atoms with Crippen molar-refractivity contribution < 1.29 is 19.2 Å². The zero-order chi connectivity index (χ0) is 35.2. The molecule has 12 heteroatoms. The SMILES string of the molecule is CC(=O)c1nn2c3c(cc(-c4cnc(C)nc4)cc13)CCCCCCCC(=O)NC[C@@]13C[C@@H](C(=O)Cc4nc(Br)ccc4C)N(C(=O)C2)[C@@H]1C3. The van der Waals surface area contributed by atoms with Gasteiger partial charge in [0, 0.05) is 54.7 Å². The standard InChI is InChI=1S/C38H42BrN7O4/c1-22-11-12-33(39)43-29(22)15-31(48)30-16-38-17-32(38)46(30)35(50)20-45-37-25(9-7-5-4-6-8-10-34(49)42-21-38)13-26(27-18-40-24(3)41-19-27)14-28(37)36(44-45)23(2)47/h11-14,18-19,30,32H,4-10,15-17,20-21H2,1-3H3,(H,42,49)/t30-,32+,38-/m0/s1. The molecule has 260 valence electrons. The van der Waals surface area contributed by atoms with E-state index in [2.05, 4.69) is 42.3 Å². The van der Waals surface area contributed by atoms with Crippen molar-refractivity contribution in [2.75, 3.05) is 6.54 Å². The van der Waals surface area contributed by atoms with E-state index in [-0.39, 0.29) is 47.8 Å². The molecule has 1 N–H and O–H groups in total. The minimum Gasteiger partial charge on any atom is -0.355 e. The van der Waals surface area contributed by atoms with Crippen molar-refractivity contribution >= 4 is 50.2 Å². The molecule has 1 aliphatic carbocycles. The molecule has 1 saturated carbocycles. The van der Waals surface area contributed by atoms with Crippen LogP contribution in [0.2, 0.25) is 0 Å². The number of hydrogen-bond acceptors (Lipinski definition) is 8. The molecule has 50 heavy (non-hydrogen) atoms. The smallest absolute Gasteiger partial charge is 0.245 e. The number of Topliss-reactive ketones (excluding diaryl/α,β-unsaturated/α-hetero) is 2. The van der Waals surface area contributed by atoms with E-state index >= 15 is 0 Å². The Balaban J connectivity index is 1.28. The van der Waals surface area contributed by atoms with Gasteiger partial charge in [0.05, 0.1) is 23.7 Å². The molecule has 11 nitrogen and oxygen atoms in total. The summed E-state index contributed by atoms with van der Waals surface area (Å²) in [6.07, 6.45) is 10.8. The Morgan fingerprint density at radius 2 is 1.72 bits per heavy atom. The Kier molecular flexibility index (Phi) is 9.40. The van der Waals surface area contributed by atoms with Gasteiger partial charge in [-0.2, -0.15) is 5.10 Å². The second-order valence-corrected chi connectivity index (χ2v) is 15.1. The lowest BCUT2D eigenvalue weighted by Gasteiger charge is -2.27. The van der Waals surface area contributed by atoms with Crippen molar-refractivity contribution in [2.24, 2.45) is 5.41 Å². The summed E-state index contributed by atoms with van der Waals surface area (Å²) in [6.45, 7) is 5.59. The summed E-state index contributed by atoms with van der Waals surface area (Å²) in [4.78, 5) is 69.6. The number of benzene rings is 1. The lowest BCUT2D eigenvalue weighted by Crippen LogP contribution is -2.45. The third kappa shape index (κ3) is 6.74. The van der Waals surface area contributed by atoms with Gasteiger partial charge in [-0.15, -0.1) is 0 Å². The average molecular weight is 741 g/mol. The molecule has 7 rings (SSSR count). The van der Waals surface area contributed by atoms with Crippen molar-refractivity contribution in [3.63, 3.8) is 0 Å². The molecule has 0 unspecified atom stereocenters. The van der Waals surface area contributed by atoms with Gasteiger partial charge >= 0.3 is 0 Å². The van der Waals surface area contributed by atoms with Gasteiger partial charge in [0.1, 0.15) is 22.7 Å². The zero-order valence-corrected chi connectivity index (χ0v) is 30.4. The number of rotatable bonds is 5. The molecule has 4 aromatic rings. The van der Waals surface area contributed by atoms with Crippen LogP contribution in [-0.4, -0.2) is 71.6 Å². The van der Waals surface area contributed by atoms with Gasteiger partial charge in [-0.05, 0) is 96.8 Å². The Hall–Kier alpha value is -4.32. The van der Waals surface area contributed by atoms with Gasteiger partial charge in [0.2, 0.25) is 11.8 Å². The molecule has 3 aromatic heterocycles. The molecular weight excluding hydrogens is 698 g/mol. The highest BCUT2D eigenvalue weighted by Crippen LogP contribution is 2.59. The molecule has 2 fully saturated rings. The number of carbonyl (C=O) groups is 4. The Labute approximate surface area is 299 Å². The Morgan fingerprint density at radius 1 is 0.980 bits per heavy atom. The number of aromatic nitrogens is 5. The number of halogens is 1. The van der Waals surface area contributed by atoms with Crippen LogP contribution in [0, 0.1) is 19.3 Å². The van der Waals surface area contributed by atoms with E-state index in [4.69, 9.17) is 5.10 Å². The summed E-state index contributed by atoms with van der Waals surface area (Å²) in [6, 6.07) is 7.01. The topological polar surface area (TPSA) is 140 Å². The number of pyridine rings is 1. The summed E-state index contributed by atoms with van der Waals surface area (Å²) in [5, 5.41) is 8.60. The third-order valence-electron chi connectivity index (χ3n) is 10.7. The summed E-state index contributed by atoms with van der Waals surface area (Å²) < 4.78 is 2.32. The molecule has 1 saturated heterocycles.